The molecule has 0 bridgehead atoms. The third-order valence-electron chi connectivity index (χ3n) is 2.15. The fourth-order valence-electron chi connectivity index (χ4n) is 1.31. The average Bonchev–Trinajstić information content (AvgIpc) is 2.70. The highest BCUT2D eigenvalue weighted by Crippen LogP contribution is 2.27. The SMILES string of the molecule is Cn1cnc(S(=O)(=O)Nc2ccc(O)cc2Cl)c1. The van der Waals surface area contributed by atoms with Crippen molar-refractivity contribution < 1.29 is 13.5 Å². The molecule has 96 valence electrons. The Morgan fingerprint density at radius 1 is 1.44 bits per heavy atom. The van der Waals surface area contributed by atoms with Crippen molar-refractivity contribution in [2.45, 2.75) is 5.03 Å². The largest absolute Gasteiger partial charge is 0.508 e. The topological polar surface area (TPSA) is 84.2 Å². The molecule has 0 aliphatic rings. The van der Waals surface area contributed by atoms with Crippen LogP contribution in [0.4, 0.5) is 5.69 Å². The number of phenolic OH excluding ortho intramolecular Hbond substituents is 1. The van der Waals surface area contributed by atoms with Crippen LogP contribution in [-0.2, 0) is 17.1 Å². The van der Waals surface area contributed by atoms with Crippen molar-refractivity contribution in [2.75, 3.05) is 4.72 Å². The number of rotatable bonds is 3. The van der Waals surface area contributed by atoms with E-state index in [0.717, 1.165) is 0 Å². The summed E-state index contributed by atoms with van der Waals surface area (Å²) in [6.45, 7) is 0. The van der Waals surface area contributed by atoms with Gasteiger partial charge in [-0.25, -0.2) is 4.98 Å². The molecule has 6 nitrogen and oxygen atoms in total. The lowest BCUT2D eigenvalue weighted by molar-refractivity contribution is 0.475. The molecular weight excluding hydrogens is 278 g/mol. The van der Waals surface area contributed by atoms with Crippen molar-refractivity contribution in [1.82, 2.24) is 9.55 Å². The van der Waals surface area contributed by atoms with Gasteiger partial charge in [0.25, 0.3) is 10.0 Å². The van der Waals surface area contributed by atoms with Crippen LogP contribution in [0.25, 0.3) is 0 Å². The number of aryl methyl sites for hydroxylation is 1. The van der Waals surface area contributed by atoms with Gasteiger partial charge < -0.3 is 9.67 Å². The highest BCUT2D eigenvalue weighted by atomic mass is 35.5. The van der Waals surface area contributed by atoms with Crippen LogP contribution in [0.5, 0.6) is 5.75 Å². The first-order valence-electron chi connectivity index (χ1n) is 4.88. The number of nitrogens with one attached hydrogen (secondary N) is 1. The number of hydrogen-bond acceptors (Lipinski definition) is 4. The number of halogens is 1. The van der Waals surface area contributed by atoms with Gasteiger partial charge in [0.05, 0.1) is 17.0 Å². The number of nitrogens with zero attached hydrogens (tertiary/aromatic N) is 2. The Balaban J connectivity index is 2.33. The van der Waals surface area contributed by atoms with Crippen LogP contribution in [0.3, 0.4) is 0 Å². The molecule has 2 N–H and O–H groups in total. The summed E-state index contributed by atoms with van der Waals surface area (Å²) in [7, 11) is -2.11. The highest BCUT2D eigenvalue weighted by molar-refractivity contribution is 7.92. The van der Waals surface area contributed by atoms with E-state index < -0.39 is 10.0 Å². The number of phenols is 1. The second kappa shape index (κ2) is 4.51. The van der Waals surface area contributed by atoms with Crippen LogP contribution in [0, 0.1) is 0 Å². The van der Waals surface area contributed by atoms with Gasteiger partial charge in [-0.05, 0) is 12.1 Å². The van der Waals surface area contributed by atoms with E-state index in [1.807, 2.05) is 0 Å². The normalized spacial score (nSPS) is 11.4. The maximum atomic E-state index is 11.9. The van der Waals surface area contributed by atoms with Gasteiger partial charge in [-0.15, -0.1) is 0 Å². The third kappa shape index (κ3) is 2.57. The predicted molar refractivity (Wildman–Crippen MR) is 67.1 cm³/mol. The zero-order valence-corrected chi connectivity index (χ0v) is 10.9. The minimum atomic E-state index is -3.78. The molecule has 8 heteroatoms. The zero-order valence-electron chi connectivity index (χ0n) is 9.33. The average molecular weight is 288 g/mol. The molecule has 0 radical (unpaired) electrons. The molecule has 0 spiro atoms. The van der Waals surface area contributed by atoms with Gasteiger partial charge in [-0.3, -0.25) is 4.72 Å². The van der Waals surface area contributed by atoms with Crippen molar-refractivity contribution in [3.05, 3.63) is 35.7 Å². The summed E-state index contributed by atoms with van der Waals surface area (Å²) in [5.41, 5.74) is 0.181. The Hall–Kier alpha value is -1.73. The van der Waals surface area contributed by atoms with Crippen LogP contribution in [0.1, 0.15) is 0 Å². The van der Waals surface area contributed by atoms with E-state index in [0.29, 0.717) is 0 Å². The standard InChI is InChI=1S/C10H10ClN3O3S/c1-14-5-10(12-6-14)18(16,17)13-9-3-2-7(15)4-8(9)11/h2-6,13,15H,1H3. The van der Waals surface area contributed by atoms with Crippen molar-refractivity contribution >= 4 is 27.3 Å². The Bertz CT molecular complexity index is 681. The molecule has 1 aromatic carbocycles. The van der Waals surface area contributed by atoms with E-state index >= 15 is 0 Å². The molecule has 2 aromatic rings. The number of aromatic hydroxyl groups is 1. The molecule has 0 saturated carbocycles. The van der Waals surface area contributed by atoms with Crippen LogP contribution in [-0.4, -0.2) is 23.1 Å². The van der Waals surface area contributed by atoms with Crippen molar-refractivity contribution in [3.63, 3.8) is 0 Å². The monoisotopic (exact) mass is 287 g/mol. The first kappa shape index (κ1) is 12.7. The molecular formula is C10H10ClN3O3S. The number of sulfonamides is 1. The maximum absolute atomic E-state index is 11.9. The third-order valence-corrected chi connectivity index (χ3v) is 3.72. The number of benzene rings is 1. The minimum Gasteiger partial charge on any atom is -0.508 e. The molecule has 0 atom stereocenters. The van der Waals surface area contributed by atoms with Gasteiger partial charge in [0, 0.05) is 19.3 Å². The number of hydrogen-bond donors (Lipinski definition) is 2. The summed E-state index contributed by atoms with van der Waals surface area (Å²) >= 11 is 5.82. The van der Waals surface area contributed by atoms with Gasteiger partial charge in [0.15, 0.2) is 5.03 Å². The summed E-state index contributed by atoms with van der Waals surface area (Å²) in [4.78, 5) is 3.75. The molecule has 18 heavy (non-hydrogen) atoms. The lowest BCUT2D eigenvalue weighted by Crippen LogP contribution is -2.13. The molecule has 0 amide bonds. The molecule has 1 aromatic heterocycles. The quantitative estimate of drug-likeness (QED) is 0.840. The first-order chi connectivity index (χ1) is 8.38. The van der Waals surface area contributed by atoms with E-state index in [2.05, 4.69) is 9.71 Å². The second-order valence-electron chi connectivity index (χ2n) is 3.65. The van der Waals surface area contributed by atoms with Gasteiger partial charge in [-0.1, -0.05) is 11.6 Å². The first-order valence-corrected chi connectivity index (χ1v) is 6.74. The van der Waals surface area contributed by atoms with E-state index in [-0.39, 0.29) is 21.5 Å². The van der Waals surface area contributed by atoms with Crippen LogP contribution in [0.2, 0.25) is 5.02 Å². The molecule has 0 aliphatic carbocycles. The number of aromatic nitrogens is 2. The van der Waals surface area contributed by atoms with Crippen LogP contribution >= 0.6 is 11.6 Å². The Morgan fingerprint density at radius 2 is 2.17 bits per heavy atom. The minimum absolute atomic E-state index is 0.0409. The van der Waals surface area contributed by atoms with Gasteiger partial charge in [-0.2, -0.15) is 8.42 Å². The smallest absolute Gasteiger partial charge is 0.280 e. The molecule has 2 rings (SSSR count). The van der Waals surface area contributed by atoms with E-state index in [1.165, 1.54) is 35.3 Å². The highest BCUT2D eigenvalue weighted by Gasteiger charge is 2.18. The summed E-state index contributed by atoms with van der Waals surface area (Å²) < 4.78 is 27.7. The second-order valence-corrected chi connectivity index (χ2v) is 5.68. The Morgan fingerprint density at radius 3 is 2.72 bits per heavy atom. The molecule has 1 heterocycles. The molecule has 0 fully saturated rings. The van der Waals surface area contributed by atoms with Gasteiger partial charge in [0.1, 0.15) is 5.75 Å². The summed E-state index contributed by atoms with van der Waals surface area (Å²) in [6.07, 6.45) is 2.75. The maximum Gasteiger partial charge on any atom is 0.280 e. The van der Waals surface area contributed by atoms with E-state index in [1.54, 1.807) is 7.05 Å². The summed E-state index contributed by atoms with van der Waals surface area (Å²) in [5.74, 6) is -0.0409. The molecule has 0 unspecified atom stereocenters. The molecule has 0 aliphatic heterocycles. The number of anilines is 1. The van der Waals surface area contributed by atoms with Gasteiger partial charge >= 0.3 is 0 Å². The molecule has 0 saturated heterocycles. The lowest BCUT2D eigenvalue weighted by Gasteiger charge is -2.07. The number of imidazole rings is 1. The fraction of sp³-hybridized carbons (Fsp3) is 0.100. The fourth-order valence-corrected chi connectivity index (χ4v) is 2.65. The Kier molecular flexibility index (Phi) is 3.18. The van der Waals surface area contributed by atoms with E-state index in [4.69, 9.17) is 11.6 Å². The van der Waals surface area contributed by atoms with Crippen LogP contribution < -0.4 is 4.72 Å². The van der Waals surface area contributed by atoms with E-state index in [9.17, 15) is 13.5 Å². The lowest BCUT2D eigenvalue weighted by atomic mass is 10.3. The van der Waals surface area contributed by atoms with Gasteiger partial charge in [0.2, 0.25) is 0 Å². The van der Waals surface area contributed by atoms with Crippen molar-refractivity contribution in [3.8, 4) is 5.75 Å². The van der Waals surface area contributed by atoms with Crippen LogP contribution in [0.15, 0.2) is 35.7 Å². The summed E-state index contributed by atoms with van der Waals surface area (Å²) in [5, 5.41) is 9.18. The zero-order chi connectivity index (χ0) is 13.3. The Labute approximate surface area is 109 Å². The predicted octanol–water partition coefficient (Wildman–Crippen LogP) is 1.58. The summed E-state index contributed by atoms with van der Waals surface area (Å²) in [6, 6.07) is 3.96. The van der Waals surface area contributed by atoms with Crippen molar-refractivity contribution in [2.24, 2.45) is 7.05 Å². The van der Waals surface area contributed by atoms with Crippen molar-refractivity contribution in [1.29, 1.82) is 0 Å².